The van der Waals surface area contributed by atoms with Crippen LogP contribution < -0.4 is 4.74 Å². The fraction of sp³-hybridized carbons (Fsp3) is 0.200. The van der Waals surface area contributed by atoms with Gasteiger partial charge in [0.15, 0.2) is 0 Å². The van der Waals surface area contributed by atoms with Gasteiger partial charge in [0.05, 0.1) is 6.10 Å². The third-order valence-electron chi connectivity index (χ3n) is 3.29. The molecule has 1 aliphatic rings. The number of halogens is 2. The van der Waals surface area contributed by atoms with Gasteiger partial charge in [0.2, 0.25) is 0 Å². The van der Waals surface area contributed by atoms with Crippen molar-refractivity contribution >= 4 is 15.9 Å². The molecule has 2 nitrogen and oxygen atoms in total. The molecule has 2 atom stereocenters. The van der Waals surface area contributed by atoms with E-state index in [1.54, 1.807) is 6.07 Å². The molecule has 2 aromatic rings. The Labute approximate surface area is 119 Å². The molecule has 1 N–H and O–H groups in total. The number of hydrogen-bond acceptors (Lipinski definition) is 2. The SMILES string of the molecule is O[C@H]1CC(c2ccc(F)cc2Br)Oc2ccccc21. The first kappa shape index (κ1) is 12.6. The summed E-state index contributed by atoms with van der Waals surface area (Å²) in [7, 11) is 0. The standard InChI is InChI=1S/C15H12BrFO2/c16-12-7-9(17)5-6-10(12)15-8-13(18)11-3-1-2-4-14(11)19-15/h1-7,13,15,18H,8H2/t13-,15?/m0/s1. The first-order chi connectivity index (χ1) is 9.15. The third-order valence-corrected chi connectivity index (χ3v) is 3.98. The van der Waals surface area contributed by atoms with E-state index in [1.165, 1.54) is 12.1 Å². The largest absolute Gasteiger partial charge is 0.485 e. The first-order valence-electron chi connectivity index (χ1n) is 6.04. The molecule has 0 saturated heterocycles. The second-order valence-corrected chi connectivity index (χ2v) is 5.42. The Kier molecular flexibility index (Phi) is 3.29. The van der Waals surface area contributed by atoms with Gasteiger partial charge in [0.1, 0.15) is 17.7 Å². The van der Waals surface area contributed by atoms with Crippen molar-refractivity contribution in [1.29, 1.82) is 0 Å². The second-order valence-electron chi connectivity index (χ2n) is 4.56. The molecule has 2 aromatic carbocycles. The van der Waals surface area contributed by atoms with E-state index in [-0.39, 0.29) is 11.9 Å². The number of rotatable bonds is 1. The number of hydrogen-bond donors (Lipinski definition) is 1. The number of ether oxygens (including phenoxy) is 1. The third kappa shape index (κ3) is 2.38. The van der Waals surface area contributed by atoms with Crippen molar-refractivity contribution in [1.82, 2.24) is 0 Å². The number of benzene rings is 2. The number of aliphatic hydroxyl groups excluding tert-OH is 1. The molecule has 0 aliphatic carbocycles. The molecule has 98 valence electrons. The average Bonchev–Trinajstić information content (AvgIpc) is 2.38. The van der Waals surface area contributed by atoms with Crippen LogP contribution in [-0.2, 0) is 0 Å². The van der Waals surface area contributed by atoms with Crippen LogP contribution in [0.2, 0.25) is 0 Å². The van der Waals surface area contributed by atoms with E-state index >= 15 is 0 Å². The van der Waals surface area contributed by atoms with Gasteiger partial charge < -0.3 is 9.84 Å². The smallest absolute Gasteiger partial charge is 0.128 e. The Hall–Kier alpha value is -1.39. The maximum atomic E-state index is 13.1. The van der Waals surface area contributed by atoms with Crippen LogP contribution in [0.4, 0.5) is 4.39 Å². The van der Waals surface area contributed by atoms with Gasteiger partial charge in [-0.15, -0.1) is 0 Å². The van der Waals surface area contributed by atoms with Crippen LogP contribution in [0.3, 0.4) is 0 Å². The highest BCUT2D eigenvalue weighted by Crippen LogP contribution is 2.42. The van der Waals surface area contributed by atoms with Crippen LogP contribution >= 0.6 is 15.9 Å². The first-order valence-corrected chi connectivity index (χ1v) is 6.83. The highest BCUT2D eigenvalue weighted by Gasteiger charge is 2.28. The van der Waals surface area contributed by atoms with Crippen LogP contribution in [0.15, 0.2) is 46.9 Å². The van der Waals surface area contributed by atoms with Gasteiger partial charge in [-0.1, -0.05) is 40.2 Å². The van der Waals surface area contributed by atoms with Gasteiger partial charge in [-0.3, -0.25) is 0 Å². The van der Waals surface area contributed by atoms with Crippen molar-refractivity contribution in [3.8, 4) is 5.75 Å². The lowest BCUT2D eigenvalue weighted by molar-refractivity contribution is 0.0654. The molecular weight excluding hydrogens is 311 g/mol. The molecule has 1 heterocycles. The van der Waals surface area contributed by atoms with Crippen molar-refractivity contribution in [2.75, 3.05) is 0 Å². The highest BCUT2D eigenvalue weighted by molar-refractivity contribution is 9.10. The monoisotopic (exact) mass is 322 g/mol. The lowest BCUT2D eigenvalue weighted by Crippen LogP contribution is -2.19. The molecule has 0 amide bonds. The fourth-order valence-corrected chi connectivity index (χ4v) is 2.95. The summed E-state index contributed by atoms with van der Waals surface area (Å²) < 4.78 is 19.7. The lowest BCUT2D eigenvalue weighted by atomic mass is 9.95. The van der Waals surface area contributed by atoms with Crippen molar-refractivity contribution in [2.24, 2.45) is 0 Å². The predicted octanol–water partition coefficient (Wildman–Crippen LogP) is 4.15. The van der Waals surface area contributed by atoms with Gasteiger partial charge >= 0.3 is 0 Å². The summed E-state index contributed by atoms with van der Waals surface area (Å²) in [4.78, 5) is 0. The van der Waals surface area contributed by atoms with Crippen molar-refractivity contribution in [2.45, 2.75) is 18.6 Å². The molecule has 0 saturated carbocycles. The molecule has 0 spiro atoms. The average molecular weight is 323 g/mol. The molecule has 0 aromatic heterocycles. The fourth-order valence-electron chi connectivity index (χ4n) is 2.35. The zero-order valence-electron chi connectivity index (χ0n) is 10.0. The Morgan fingerprint density at radius 1 is 1.16 bits per heavy atom. The minimum absolute atomic E-state index is 0.278. The van der Waals surface area contributed by atoms with Gasteiger partial charge in [0.25, 0.3) is 0 Å². The topological polar surface area (TPSA) is 29.5 Å². The molecule has 0 radical (unpaired) electrons. The lowest BCUT2D eigenvalue weighted by Gasteiger charge is -2.30. The van der Waals surface area contributed by atoms with Crippen molar-refractivity contribution in [3.05, 3.63) is 63.9 Å². The van der Waals surface area contributed by atoms with E-state index in [9.17, 15) is 9.50 Å². The minimum atomic E-state index is -0.563. The maximum Gasteiger partial charge on any atom is 0.128 e. The van der Waals surface area contributed by atoms with Crippen LogP contribution in [0, 0.1) is 5.82 Å². The molecular formula is C15H12BrFO2. The number of fused-ring (bicyclic) bond motifs is 1. The van der Waals surface area contributed by atoms with Crippen LogP contribution in [0.25, 0.3) is 0 Å². The van der Waals surface area contributed by atoms with Crippen LogP contribution in [-0.4, -0.2) is 5.11 Å². The van der Waals surface area contributed by atoms with Crippen molar-refractivity contribution in [3.63, 3.8) is 0 Å². The summed E-state index contributed by atoms with van der Waals surface area (Å²) >= 11 is 3.34. The van der Waals surface area contributed by atoms with E-state index in [0.29, 0.717) is 16.6 Å². The molecule has 19 heavy (non-hydrogen) atoms. The molecule has 4 heteroatoms. The highest BCUT2D eigenvalue weighted by atomic mass is 79.9. The Morgan fingerprint density at radius 2 is 1.95 bits per heavy atom. The van der Waals surface area contributed by atoms with Gasteiger partial charge in [-0.25, -0.2) is 4.39 Å². The molecule has 3 rings (SSSR count). The maximum absolute atomic E-state index is 13.1. The zero-order chi connectivity index (χ0) is 13.4. The van der Waals surface area contributed by atoms with E-state index in [2.05, 4.69) is 15.9 Å². The predicted molar refractivity (Wildman–Crippen MR) is 73.5 cm³/mol. The molecule has 1 unspecified atom stereocenters. The Bertz CT molecular complexity index is 615. The normalized spacial score (nSPS) is 21.6. The summed E-state index contributed by atoms with van der Waals surface area (Å²) in [5.41, 5.74) is 1.65. The number of aliphatic hydroxyl groups is 1. The van der Waals surface area contributed by atoms with Crippen LogP contribution in [0.5, 0.6) is 5.75 Å². The summed E-state index contributed by atoms with van der Waals surface area (Å²) in [6.45, 7) is 0. The van der Waals surface area contributed by atoms with Gasteiger partial charge in [-0.05, 0) is 18.2 Å². The summed E-state index contributed by atoms with van der Waals surface area (Å²) in [6.07, 6.45) is -0.381. The summed E-state index contributed by atoms with van der Waals surface area (Å²) in [5, 5.41) is 10.2. The number of para-hydroxylation sites is 1. The quantitative estimate of drug-likeness (QED) is 0.854. The van der Waals surface area contributed by atoms with Crippen LogP contribution in [0.1, 0.15) is 29.8 Å². The zero-order valence-corrected chi connectivity index (χ0v) is 11.6. The van der Waals surface area contributed by atoms with Gasteiger partial charge in [0, 0.05) is 22.0 Å². The Balaban J connectivity index is 1.97. The minimum Gasteiger partial charge on any atom is -0.485 e. The summed E-state index contributed by atoms with van der Waals surface area (Å²) in [5.74, 6) is 0.384. The van der Waals surface area contributed by atoms with E-state index < -0.39 is 6.10 Å². The van der Waals surface area contributed by atoms with E-state index in [1.807, 2.05) is 24.3 Å². The second kappa shape index (κ2) is 4.94. The van der Waals surface area contributed by atoms with E-state index in [0.717, 1.165) is 11.1 Å². The molecule has 0 fully saturated rings. The summed E-state index contributed by atoms with van der Waals surface area (Å²) in [6, 6.07) is 11.9. The molecule has 0 bridgehead atoms. The van der Waals surface area contributed by atoms with Gasteiger partial charge in [-0.2, -0.15) is 0 Å². The van der Waals surface area contributed by atoms with Crippen molar-refractivity contribution < 1.29 is 14.2 Å². The van der Waals surface area contributed by atoms with E-state index in [4.69, 9.17) is 4.74 Å². The molecule has 1 aliphatic heterocycles. The Morgan fingerprint density at radius 3 is 2.74 bits per heavy atom.